The highest BCUT2D eigenvalue weighted by molar-refractivity contribution is 9.10. The summed E-state index contributed by atoms with van der Waals surface area (Å²) in [7, 11) is 0. The molecule has 6 rings (SSSR count). The van der Waals surface area contributed by atoms with Gasteiger partial charge < -0.3 is 11.5 Å². The summed E-state index contributed by atoms with van der Waals surface area (Å²) >= 11 is 7.31. The van der Waals surface area contributed by atoms with Crippen LogP contribution in [0.25, 0.3) is 54.9 Å². The molecule has 36 heavy (non-hydrogen) atoms. The van der Waals surface area contributed by atoms with E-state index in [2.05, 4.69) is 105 Å². The monoisotopic (exact) mass is 592 g/mol. The van der Waals surface area contributed by atoms with Crippen LogP contribution in [0.5, 0.6) is 0 Å². The first kappa shape index (κ1) is 22.8. The molecule has 0 aliphatic rings. The number of anilines is 2. The maximum absolute atomic E-state index is 7.05. The summed E-state index contributed by atoms with van der Waals surface area (Å²) in [6, 6.07) is 37.6. The van der Waals surface area contributed by atoms with Crippen LogP contribution in [0.15, 0.2) is 118 Å². The van der Waals surface area contributed by atoms with Crippen molar-refractivity contribution in [2.45, 2.75) is 0 Å². The van der Waals surface area contributed by atoms with Crippen LogP contribution in [0, 0.1) is 0 Å². The summed E-state index contributed by atoms with van der Waals surface area (Å²) in [5.74, 6) is 0. The molecule has 0 fully saturated rings. The van der Waals surface area contributed by atoms with Crippen molar-refractivity contribution < 1.29 is 0 Å². The molecule has 0 spiro atoms. The van der Waals surface area contributed by atoms with Gasteiger partial charge >= 0.3 is 0 Å². The van der Waals surface area contributed by atoms with Gasteiger partial charge in [-0.25, -0.2) is 0 Å². The van der Waals surface area contributed by atoms with Crippen LogP contribution in [0.4, 0.5) is 11.4 Å². The highest BCUT2D eigenvalue weighted by Crippen LogP contribution is 2.48. The lowest BCUT2D eigenvalue weighted by Gasteiger charge is -2.21. The predicted octanol–water partition coefficient (Wildman–Crippen LogP) is 9.68. The zero-order chi connectivity index (χ0) is 24.8. The average Bonchev–Trinajstić information content (AvgIpc) is 2.90. The second kappa shape index (κ2) is 9.12. The van der Waals surface area contributed by atoms with Gasteiger partial charge in [-0.15, -0.1) is 0 Å². The second-order valence-electron chi connectivity index (χ2n) is 8.89. The fourth-order valence-corrected chi connectivity index (χ4v) is 5.80. The van der Waals surface area contributed by atoms with Gasteiger partial charge in [0.15, 0.2) is 0 Å². The Kier molecular flexibility index (Phi) is 5.79. The molecule has 0 amide bonds. The number of hydrogen-bond donors (Lipinski definition) is 2. The molecule has 0 aliphatic carbocycles. The molecule has 4 heteroatoms. The summed E-state index contributed by atoms with van der Waals surface area (Å²) in [5, 5.41) is 4.33. The van der Waals surface area contributed by atoms with Gasteiger partial charge in [-0.3, -0.25) is 0 Å². The van der Waals surface area contributed by atoms with Crippen molar-refractivity contribution in [3.8, 4) is 33.4 Å². The van der Waals surface area contributed by atoms with Gasteiger partial charge in [0.1, 0.15) is 0 Å². The highest BCUT2D eigenvalue weighted by atomic mass is 79.9. The predicted molar refractivity (Wildman–Crippen MR) is 162 cm³/mol. The largest absolute Gasteiger partial charge is 0.398 e. The lowest BCUT2D eigenvalue weighted by atomic mass is 9.85. The molecule has 0 heterocycles. The maximum atomic E-state index is 7.05. The molecule has 0 radical (unpaired) electrons. The Bertz CT molecular complexity index is 1630. The zero-order valence-corrected chi connectivity index (χ0v) is 22.5. The first-order chi connectivity index (χ1) is 17.5. The molecule has 0 saturated carbocycles. The molecule has 0 aromatic heterocycles. The van der Waals surface area contributed by atoms with Gasteiger partial charge in [-0.05, 0) is 69.1 Å². The Morgan fingerprint density at radius 1 is 0.444 bits per heavy atom. The molecular weight excluding hydrogens is 572 g/mol. The molecule has 6 aromatic rings. The Morgan fingerprint density at radius 3 is 1.22 bits per heavy atom. The zero-order valence-electron chi connectivity index (χ0n) is 19.3. The number of hydrogen-bond acceptors (Lipinski definition) is 2. The Balaban J connectivity index is 1.80. The minimum atomic E-state index is 0.720. The van der Waals surface area contributed by atoms with Crippen molar-refractivity contribution in [1.29, 1.82) is 0 Å². The molecule has 0 atom stereocenters. The lowest BCUT2D eigenvalue weighted by molar-refractivity contribution is 1.59. The van der Waals surface area contributed by atoms with E-state index in [4.69, 9.17) is 11.5 Å². The summed E-state index contributed by atoms with van der Waals surface area (Å²) in [6.07, 6.45) is 0. The van der Waals surface area contributed by atoms with Gasteiger partial charge in [0.25, 0.3) is 0 Å². The van der Waals surface area contributed by atoms with Crippen LogP contribution in [-0.4, -0.2) is 0 Å². The summed E-state index contributed by atoms with van der Waals surface area (Å²) in [6.45, 7) is 0. The van der Waals surface area contributed by atoms with Crippen LogP contribution in [0.3, 0.4) is 0 Å². The average molecular weight is 594 g/mol. The molecular formula is C32H22Br2N2. The van der Waals surface area contributed by atoms with Crippen LogP contribution < -0.4 is 11.5 Å². The van der Waals surface area contributed by atoms with E-state index in [1.165, 1.54) is 0 Å². The van der Waals surface area contributed by atoms with E-state index >= 15 is 0 Å². The Labute approximate surface area is 226 Å². The number of nitrogen functional groups attached to an aromatic ring is 2. The topological polar surface area (TPSA) is 52.0 Å². The van der Waals surface area contributed by atoms with E-state index < -0.39 is 0 Å². The number of nitrogens with two attached hydrogens (primary N) is 2. The third-order valence-corrected chi connectivity index (χ3v) is 7.69. The van der Waals surface area contributed by atoms with E-state index in [1.54, 1.807) is 0 Å². The Morgan fingerprint density at radius 2 is 0.833 bits per heavy atom. The van der Waals surface area contributed by atoms with Crippen LogP contribution in [0.2, 0.25) is 0 Å². The van der Waals surface area contributed by atoms with E-state index in [9.17, 15) is 0 Å². The van der Waals surface area contributed by atoms with Crippen LogP contribution in [-0.2, 0) is 0 Å². The number of benzene rings is 6. The van der Waals surface area contributed by atoms with E-state index in [-0.39, 0.29) is 0 Å². The normalized spacial score (nSPS) is 11.3. The van der Waals surface area contributed by atoms with Crippen molar-refractivity contribution >= 4 is 64.8 Å². The first-order valence-electron chi connectivity index (χ1n) is 11.7. The minimum absolute atomic E-state index is 0.720. The minimum Gasteiger partial charge on any atom is -0.398 e. The maximum Gasteiger partial charge on any atom is 0.0480 e. The van der Waals surface area contributed by atoms with Gasteiger partial charge in [-0.1, -0.05) is 105 Å². The smallest absolute Gasteiger partial charge is 0.0480 e. The molecule has 0 aliphatic heterocycles. The van der Waals surface area contributed by atoms with Crippen molar-refractivity contribution in [1.82, 2.24) is 0 Å². The molecule has 0 unspecified atom stereocenters. The Hall–Kier alpha value is -3.60. The van der Waals surface area contributed by atoms with Gasteiger partial charge in [-0.2, -0.15) is 0 Å². The van der Waals surface area contributed by atoms with Crippen molar-refractivity contribution in [3.63, 3.8) is 0 Å². The van der Waals surface area contributed by atoms with Crippen molar-refractivity contribution in [3.05, 3.63) is 118 Å². The SMILES string of the molecule is Nc1c(-c2ccccc2)cc2cc(Br)ccc2c1-c1c(N)c(-c2ccccc2)cc2cc(Br)ccc12. The van der Waals surface area contributed by atoms with Crippen LogP contribution >= 0.6 is 31.9 Å². The van der Waals surface area contributed by atoms with Gasteiger partial charge in [0.05, 0.1) is 0 Å². The van der Waals surface area contributed by atoms with Gasteiger partial charge in [0.2, 0.25) is 0 Å². The standard InChI is InChI=1S/C32H22Br2N2/c33-23-11-13-25-21(15-23)17-27(19-7-3-1-4-8-19)31(35)29(25)30-26-14-12-24(34)16-22(26)18-28(32(30)36)20-9-5-2-6-10-20/h1-18H,35-36H2. The molecule has 0 saturated heterocycles. The second-order valence-corrected chi connectivity index (χ2v) is 10.7. The van der Waals surface area contributed by atoms with E-state index in [1.807, 2.05) is 36.4 Å². The number of fused-ring (bicyclic) bond motifs is 2. The van der Waals surface area contributed by atoms with Crippen molar-refractivity contribution in [2.75, 3.05) is 11.5 Å². The third-order valence-electron chi connectivity index (χ3n) is 6.70. The molecule has 6 aromatic carbocycles. The molecule has 2 nitrogen and oxygen atoms in total. The van der Waals surface area contributed by atoms with E-state index in [0.29, 0.717) is 0 Å². The third kappa shape index (κ3) is 3.87. The van der Waals surface area contributed by atoms with Crippen LogP contribution in [0.1, 0.15) is 0 Å². The lowest BCUT2D eigenvalue weighted by Crippen LogP contribution is -2.01. The molecule has 4 N–H and O–H groups in total. The first-order valence-corrected chi connectivity index (χ1v) is 13.2. The quantitative estimate of drug-likeness (QED) is 0.201. The summed E-state index contributed by atoms with van der Waals surface area (Å²) in [5.41, 5.74) is 21.6. The van der Waals surface area contributed by atoms with Crippen molar-refractivity contribution in [2.24, 2.45) is 0 Å². The molecule has 174 valence electrons. The highest BCUT2D eigenvalue weighted by Gasteiger charge is 2.21. The summed E-state index contributed by atoms with van der Waals surface area (Å²) in [4.78, 5) is 0. The fourth-order valence-electron chi connectivity index (χ4n) is 5.04. The van der Waals surface area contributed by atoms with Gasteiger partial charge in [0, 0.05) is 42.6 Å². The number of halogens is 2. The molecule has 0 bridgehead atoms. The fraction of sp³-hybridized carbons (Fsp3) is 0. The van der Waals surface area contributed by atoms with E-state index in [0.717, 1.165) is 75.2 Å². The summed E-state index contributed by atoms with van der Waals surface area (Å²) < 4.78 is 2.04. The number of rotatable bonds is 3.